The van der Waals surface area contributed by atoms with Crippen molar-refractivity contribution >= 4 is 5.65 Å². The Bertz CT molecular complexity index is 692. The summed E-state index contributed by atoms with van der Waals surface area (Å²) in [5.74, 6) is 0. The van der Waals surface area contributed by atoms with E-state index in [4.69, 9.17) is 0 Å². The summed E-state index contributed by atoms with van der Waals surface area (Å²) in [6.07, 6.45) is 11.1. The molecule has 0 unspecified atom stereocenters. The fourth-order valence-corrected chi connectivity index (χ4v) is 2.28. The van der Waals surface area contributed by atoms with Gasteiger partial charge in [-0.05, 0) is 25.6 Å². The van der Waals surface area contributed by atoms with Crippen molar-refractivity contribution in [1.29, 1.82) is 0 Å². The first-order valence-corrected chi connectivity index (χ1v) is 6.62. The van der Waals surface area contributed by atoms with Gasteiger partial charge >= 0.3 is 0 Å². The Balaban J connectivity index is 1.80. The summed E-state index contributed by atoms with van der Waals surface area (Å²) in [4.78, 5) is 14.9. The van der Waals surface area contributed by atoms with Crippen molar-refractivity contribution in [3.05, 3.63) is 60.6 Å². The maximum Gasteiger partial charge on any atom is 0.155 e. The molecule has 0 radical (unpaired) electrons. The molecule has 20 heavy (non-hydrogen) atoms. The molecule has 0 aliphatic carbocycles. The summed E-state index contributed by atoms with van der Waals surface area (Å²) in [5, 5.41) is 0. The summed E-state index contributed by atoms with van der Waals surface area (Å²) in [7, 11) is 2.11. The van der Waals surface area contributed by atoms with Gasteiger partial charge in [0.2, 0.25) is 0 Å². The summed E-state index contributed by atoms with van der Waals surface area (Å²) < 4.78 is 2.07. The quantitative estimate of drug-likeness (QED) is 0.728. The van der Waals surface area contributed by atoms with Gasteiger partial charge in [-0.15, -0.1) is 0 Å². The fourth-order valence-electron chi connectivity index (χ4n) is 2.28. The summed E-state index contributed by atoms with van der Waals surface area (Å²) in [6.45, 7) is 3.00. The van der Waals surface area contributed by atoms with E-state index in [0.29, 0.717) is 6.04 Å². The second-order valence-corrected chi connectivity index (χ2v) is 4.93. The highest BCUT2D eigenvalue weighted by molar-refractivity contribution is 5.36. The van der Waals surface area contributed by atoms with Crippen LogP contribution in [0.15, 0.2) is 49.3 Å². The van der Waals surface area contributed by atoms with Gasteiger partial charge < -0.3 is 0 Å². The second-order valence-electron chi connectivity index (χ2n) is 4.93. The van der Waals surface area contributed by atoms with Crippen molar-refractivity contribution in [3.63, 3.8) is 0 Å². The molecule has 3 aromatic rings. The summed E-state index contributed by atoms with van der Waals surface area (Å²) >= 11 is 0. The van der Waals surface area contributed by atoms with Crippen LogP contribution in [0.25, 0.3) is 5.65 Å². The Kier molecular flexibility index (Phi) is 3.43. The van der Waals surface area contributed by atoms with Crippen molar-refractivity contribution in [2.24, 2.45) is 0 Å². The van der Waals surface area contributed by atoms with Crippen LogP contribution in [0.2, 0.25) is 0 Å². The molecule has 3 heterocycles. The third-order valence-electron chi connectivity index (χ3n) is 3.63. The highest BCUT2D eigenvalue weighted by atomic mass is 15.2. The Morgan fingerprint density at radius 1 is 1.20 bits per heavy atom. The number of pyridine rings is 1. The van der Waals surface area contributed by atoms with Crippen molar-refractivity contribution < 1.29 is 0 Å². The smallest absolute Gasteiger partial charge is 0.155 e. The molecule has 102 valence electrons. The van der Waals surface area contributed by atoms with Gasteiger partial charge in [-0.2, -0.15) is 0 Å². The number of rotatable bonds is 4. The van der Waals surface area contributed by atoms with Crippen LogP contribution in [0.4, 0.5) is 0 Å². The van der Waals surface area contributed by atoms with E-state index in [-0.39, 0.29) is 0 Å². The van der Waals surface area contributed by atoms with Gasteiger partial charge in [0.05, 0.1) is 18.1 Å². The van der Waals surface area contributed by atoms with Crippen LogP contribution < -0.4 is 0 Å². The average Bonchev–Trinajstić information content (AvgIpc) is 2.91. The van der Waals surface area contributed by atoms with E-state index in [1.165, 1.54) is 5.56 Å². The molecule has 5 heteroatoms. The van der Waals surface area contributed by atoms with E-state index in [0.717, 1.165) is 17.9 Å². The number of hydrogen-bond acceptors (Lipinski definition) is 4. The molecule has 0 aliphatic heterocycles. The zero-order valence-electron chi connectivity index (χ0n) is 11.6. The van der Waals surface area contributed by atoms with E-state index < -0.39 is 0 Å². The molecule has 0 saturated carbocycles. The lowest BCUT2D eigenvalue weighted by atomic mass is 10.1. The third-order valence-corrected chi connectivity index (χ3v) is 3.63. The number of nitrogens with zero attached hydrogens (tertiary/aromatic N) is 5. The minimum absolute atomic E-state index is 0.302. The Morgan fingerprint density at radius 2 is 2.05 bits per heavy atom. The first-order valence-electron chi connectivity index (χ1n) is 6.62. The van der Waals surface area contributed by atoms with Crippen molar-refractivity contribution in [1.82, 2.24) is 24.3 Å². The minimum Gasteiger partial charge on any atom is -0.300 e. The molecule has 0 fully saturated rings. The second kappa shape index (κ2) is 5.38. The highest BCUT2D eigenvalue weighted by Gasteiger charge is 2.14. The van der Waals surface area contributed by atoms with Crippen molar-refractivity contribution in [3.8, 4) is 0 Å². The van der Waals surface area contributed by atoms with Crippen LogP contribution in [0.3, 0.4) is 0 Å². The van der Waals surface area contributed by atoms with Crippen LogP contribution in [-0.4, -0.2) is 31.3 Å². The first kappa shape index (κ1) is 12.7. The molecular weight excluding hydrogens is 250 g/mol. The van der Waals surface area contributed by atoms with Gasteiger partial charge in [0.1, 0.15) is 0 Å². The van der Waals surface area contributed by atoms with Gasteiger partial charge in [-0.3, -0.25) is 19.3 Å². The molecule has 3 aromatic heterocycles. The molecule has 0 amide bonds. The van der Waals surface area contributed by atoms with Gasteiger partial charge in [0.25, 0.3) is 0 Å². The largest absolute Gasteiger partial charge is 0.300 e. The molecule has 0 aliphatic rings. The lowest BCUT2D eigenvalue weighted by Gasteiger charge is -2.24. The van der Waals surface area contributed by atoms with E-state index in [1.807, 2.05) is 24.7 Å². The minimum atomic E-state index is 0.302. The number of fused-ring (bicyclic) bond motifs is 1. The SMILES string of the molecule is C[C@H](c1cccnc1)N(C)Cc1cnc2cnccn12. The summed E-state index contributed by atoms with van der Waals surface area (Å²) in [6, 6.07) is 4.38. The van der Waals surface area contributed by atoms with Crippen molar-refractivity contribution in [2.75, 3.05) is 7.05 Å². The predicted molar refractivity (Wildman–Crippen MR) is 77.1 cm³/mol. The number of hydrogen-bond donors (Lipinski definition) is 0. The van der Waals surface area contributed by atoms with E-state index >= 15 is 0 Å². The van der Waals surface area contributed by atoms with E-state index in [1.54, 1.807) is 18.6 Å². The van der Waals surface area contributed by atoms with Crippen LogP contribution in [0, 0.1) is 0 Å². The zero-order valence-corrected chi connectivity index (χ0v) is 11.6. The molecule has 0 saturated heterocycles. The third kappa shape index (κ3) is 2.40. The van der Waals surface area contributed by atoms with Crippen LogP contribution in [-0.2, 0) is 6.54 Å². The number of aromatic nitrogens is 4. The van der Waals surface area contributed by atoms with E-state index in [9.17, 15) is 0 Å². The highest BCUT2D eigenvalue weighted by Crippen LogP contribution is 2.19. The molecule has 1 atom stereocenters. The van der Waals surface area contributed by atoms with Crippen LogP contribution in [0.5, 0.6) is 0 Å². The van der Waals surface area contributed by atoms with Crippen molar-refractivity contribution in [2.45, 2.75) is 19.5 Å². The maximum atomic E-state index is 4.37. The molecule has 0 N–H and O–H groups in total. The van der Waals surface area contributed by atoms with E-state index in [2.05, 4.69) is 44.3 Å². The first-order chi connectivity index (χ1) is 9.75. The van der Waals surface area contributed by atoms with Crippen LogP contribution >= 0.6 is 0 Å². The number of imidazole rings is 1. The van der Waals surface area contributed by atoms with Crippen LogP contribution in [0.1, 0.15) is 24.2 Å². The maximum absolute atomic E-state index is 4.37. The average molecular weight is 267 g/mol. The molecule has 5 nitrogen and oxygen atoms in total. The van der Waals surface area contributed by atoms with Gasteiger partial charge in [0, 0.05) is 37.4 Å². The topological polar surface area (TPSA) is 46.3 Å². The predicted octanol–water partition coefficient (Wildman–Crippen LogP) is 2.32. The zero-order chi connectivity index (χ0) is 13.9. The molecule has 0 bridgehead atoms. The van der Waals surface area contributed by atoms with Gasteiger partial charge in [0.15, 0.2) is 5.65 Å². The van der Waals surface area contributed by atoms with Gasteiger partial charge in [-0.25, -0.2) is 4.98 Å². The standard InChI is InChI=1S/C15H17N5/c1-12(13-4-3-5-16-8-13)19(2)11-14-9-18-15-10-17-6-7-20(14)15/h3-10,12H,11H2,1-2H3/t12-/m1/s1. The normalized spacial score (nSPS) is 12.9. The lowest BCUT2D eigenvalue weighted by Crippen LogP contribution is -2.22. The Morgan fingerprint density at radius 3 is 2.85 bits per heavy atom. The Labute approximate surface area is 117 Å². The molecule has 0 aromatic carbocycles. The Hall–Kier alpha value is -2.27. The molecule has 3 rings (SSSR count). The summed E-state index contributed by atoms with van der Waals surface area (Å²) in [5.41, 5.74) is 3.25. The lowest BCUT2D eigenvalue weighted by molar-refractivity contribution is 0.249. The van der Waals surface area contributed by atoms with Gasteiger partial charge in [-0.1, -0.05) is 6.07 Å². The molecular formula is C15H17N5. The fraction of sp³-hybridized carbons (Fsp3) is 0.267. The molecule has 0 spiro atoms. The monoisotopic (exact) mass is 267 g/mol.